The van der Waals surface area contributed by atoms with E-state index >= 15 is 0 Å². The molecule has 15 heavy (non-hydrogen) atoms. The third-order valence-electron chi connectivity index (χ3n) is 2.01. The standard InChI is InChI=1S/C9H8ClNO3S/c1-6-2-3-8-7(4-6)9(14-11-8)5-15(10,12)13/h2-4H,5H2,1H3. The molecule has 0 N–H and O–H groups in total. The van der Waals surface area contributed by atoms with E-state index in [-0.39, 0.29) is 11.5 Å². The van der Waals surface area contributed by atoms with Crippen molar-refractivity contribution in [2.24, 2.45) is 0 Å². The zero-order valence-electron chi connectivity index (χ0n) is 7.90. The van der Waals surface area contributed by atoms with Crippen molar-refractivity contribution in [2.75, 3.05) is 0 Å². The van der Waals surface area contributed by atoms with Crippen molar-refractivity contribution in [3.8, 4) is 0 Å². The van der Waals surface area contributed by atoms with Gasteiger partial charge in [0, 0.05) is 16.1 Å². The summed E-state index contributed by atoms with van der Waals surface area (Å²) >= 11 is 0. The van der Waals surface area contributed by atoms with Crippen LogP contribution in [-0.2, 0) is 14.8 Å². The van der Waals surface area contributed by atoms with E-state index in [0.717, 1.165) is 5.56 Å². The molecule has 0 atom stereocenters. The minimum atomic E-state index is -3.61. The van der Waals surface area contributed by atoms with E-state index in [2.05, 4.69) is 5.16 Å². The van der Waals surface area contributed by atoms with Gasteiger partial charge in [0.25, 0.3) is 0 Å². The quantitative estimate of drug-likeness (QED) is 0.761. The summed E-state index contributed by atoms with van der Waals surface area (Å²) in [5, 5.41) is 4.44. The van der Waals surface area contributed by atoms with Crippen LogP contribution in [0.2, 0.25) is 0 Å². The molecule has 0 radical (unpaired) electrons. The summed E-state index contributed by atoms with van der Waals surface area (Å²) in [5.74, 6) is -0.0576. The number of fused-ring (bicyclic) bond motifs is 1. The summed E-state index contributed by atoms with van der Waals surface area (Å²) in [6, 6.07) is 5.48. The van der Waals surface area contributed by atoms with E-state index in [4.69, 9.17) is 15.2 Å². The van der Waals surface area contributed by atoms with Crippen LogP contribution in [0.1, 0.15) is 11.3 Å². The van der Waals surface area contributed by atoms with Crippen molar-refractivity contribution in [1.82, 2.24) is 5.16 Å². The molecule has 0 saturated heterocycles. The average molecular weight is 246 g/mol. The van der Waals surface area contributed by atoms with Crippen LogP contribution in [0, 0.1) is 6.92 Å². The Kier molecular flexibility index (Phi) is 2.44. The second kappa shape index (κ2) is 3.50. The highest BCUT2D eigenvalue weighted by molar-refractivity contribution is 8.13. The molecule has 6 heteroatoms. The Morgan fingerprint density at radius 1 is 1.47 bits per heavy atom. The Bertz CT molecular complexity index is 603. The highest BCUT2D eigenvalue weighted by Crippen LogP contribution is 2.22. The summed E-state index contributed by atoms with van der Waals surface area (Å²) < 4.78 is 26.7. The van der Waals surface area contributed by atoms with Gasteiger partial charge in [0.15, 0.2) is 5.76 Å². The fraction of sp³-hybridized carbons (Fsp3) is 0.222. The van der Waals surface area contributed by atoms with Crippen LogP contribution in [0.15, 0.2) is 22.7 Å². The Labute approximate surface area is 91.2 Å². The van der Waals surface area contributed by atoms with Crippen LogP contribution in [0.3, 0.4) is 0 Å². The maximum absolute atomic E-state index is 10.9. The van der Waals surface area contributed by atoms with Crippen molar-refractivity contribution in [1.29, 1.82) is 0 Å². The summed E-state index contributed by atoms with van der Waals surface area (Å²) in [6.45, 7) is 1.91. The van der Waals surface area contributed by atoms with Crippen molar-refractivity contribution in [2.45, 2.75) is 12.7 Å². The molecule has 2 aromatic rings. The lowest BCUT2D eigenvalue weighted by Crippen LogP contribution is -1.93. The van der Waals surface area contributed by atoms with Gasteiger partial charge in [-0.2, -0.15) is 0 Å². The van der Waals surface area contributed by atoms with Crippen molar-refractivity contribution in [3.05, 3.63) is 29.5 Å². The molecular weight excluding hydrogens is 238 g/mol. The van der Waals surface area contributed by atoms with E-state index in [1.807, 2.05) is 19.1 Å². The van der Waals surface area contributed by atoms with Crippen LogP contribution in [0.25, 0.3) is 10.9 Å². The number of nitrogens with zero attached hydrogens (tertiary/aromatic N) is 1. The van der Waals surface area contributed by atoms with E-state index < -0.39 is 9.05 Å². The number of aromatic nitrogens is 1. The first-order chi connectivity index (χ1) is 6.96. The SMILES string of the molecule is Cc1ccc2noc(CS(=O)(=O)Cl)c2c1. The molecular formula is C9H8ClNO3S. The first-order valence-electron chi connectivity index (χ1n) is 4.23. The minimum Gasteiger partial charge on any atom is -0.359 e. The largest absolute Gasteiger partial charge is 0.359 e. The lowest BCUT2D eigenvalue weighted by molar-refractivity contribution is 0.401. The van der Waals surface area contributed by atoms with Gasteiger partial charge in [0.2, 0.25) is 9.05 Å². The van der Waals surface area contributed by atoms with Crippen molar-refractivity contribution < 1.29 is 12.9 Å². The zero-order chi connectivity index (χ0) is 11.1. The number of rotatable bonds is 2. The van der Waals surface area contributed by atoms with Crippen LogP contribution in [-0.4, -0.2) is 13.6 Å². The van der Waals surface area contributed by atoms with Gasteiger partial charge in [-0.1, -0.05) is 16.8 Å². The van der Waals surface area contributed by atoms with Crippen molar-refractivity contribution >= 4 is 30.6 Å². The van der Waals surface area contributed by atoms with E-state index in [1.54, 1.807) is 6.07 Å². The van der Waals surface area contributed by atoms with E-state index in [9.17, 15) is 8.42 Å². The molecule has 4 nitrogen and oxygen atoms in total. The smallest absolute Gasteiger partial charge is 0.240 e. The summed E-state index contributed by atoms with van der Waals surface area (Å²) in [6.07, 6.45) is 0. The number of halogens is 1. The van der Waals surface area contributed by atoms with Crippen LogP contribution in [0.5, 0.6) is 0 Å². The van der Waals surface area contributed by atoms with Crippen molar-refractivity contribution in [3.63, 3.8) is 0 Å². The first-order valence-corrected chi connectivity index (χ1v) is 6.71. The molecule has 0 bridgehead atoms. The molecule has 80 valence electrons. The summed E-state index contributed by atoms with van der Waals surface area (Å²) in [4.78, 5) is 0. The number of aryl methyl sites for hydroxylation is 1. The Morgan fingerprint density at radius 3 is 2.87 bits per heavy atom. The molecule has 0 spiro atoms. The van der Waals surface area contributed by atoms with Gasteiger partial charge in [-0.25, -0.2) is 8.42 Å². The predicted octanol–water partition coefficient (Wildman–Crippen LogP) is 2.20. The van der Waals surface area contributed by atoms with E-state index in [1.165, 1.54) is 0 Å². The van der Waals surface area contributed by atoms with Gasteiger partial charge < -0.3 is 4.52 Å². The molecule has 0 aliphatic carbocycles. The highest BCUT2D eigenvalue weighted by atomic mass is 35.7. The molecule has 2 rings (SSSR count). The molecule has 1 aromatic carbocycles. The van der Waals surface area contributed by atoms with Gasteiger partial charge in [0.05, 0.1) is 0 Å². The monoisotopic (exact) mass is 245 g/mol. The molecule has 0 aliphatic heterocycles. The van der Waals surface area contributed by atoms with Crippen LogP contribution in [0.4, 0.5) is 0 Å². The van der Waals surface area contributed by atoms with Gasteiger partial charge in [-0.05, 0) is 19.1 Å². The fourth-order valence-electron chi connectivity index (χ4n) is 1.37. The molecule has 0 aliphatic rings. The van der Waals surface area contributed by atoms with E-state index in [0.29, 0.717) is 10.9 Å². The second-order valence-electron chi connectivity index (χ2n) is 3.31. The first kappa shape index (κ1) is 10.4. The molecule has 1 heterocycles. The van der Waals surface area contributed by atoms with Crippen LogP contribution >= 0.6 is 10.7 Å². The third kappa shape index (κ3) is 2.30. The topological polar surface area (TPSA) is 60.2 Å². The molecule has 0 fully saturated rings. The Morgan fingerprint density at radius 2 is 2.20 bits per heavy atom. The fourth-order valence-corrected chi connectivity index (χ4v) is 2.19. The predicted molar refractivity (Wildman–Crippen MR) is 57.2 cm³/mol. The maximum atomic E-state index is 10.9. The molecule has 0 amide bonds. The highest BCUT2D eigenvalue weighted by Gasteiger charge is 2.15. The molecule has 0 saturated carbocycles. The number of hydrogen-bond donors (Lipinski definition) is 0. The number of hydrogen-bond acceptors (Lipinski definition) is 4. The third-order valence-corrected chi connectivity index (χ3v) is 2.94. The summed E-state index contributed by atoms with van der Waals surface area (Å²) in [7, 11) is 1.54. The van der Waals surface area contributed by atoms with Gasteiger partial charge >= 0.3 is 0 Å². The lowest BCUT2D eigenvalue weighted by Gasteiger charge is -1.93. The van der Waals surface area contributed by atoms with Gasteiger partial charge in [0.1, 0.15) is 11.3 Å². The maximum Gasteiger partial charge on any atom is 0.240 e. The summed E-state index contributed by atoms with van der Waals surface area (Å²) in [5.41, 5.74) is 1.65. The normalized spacial score (nSPS) is 12.1. The molecule has 0 unspecified atom stereocenters. The lowest BCUT2D eigenvalue weighted by atomic mass is 10.1. The van der Waals surface area contributed by atoms with Crippen LogP contribution < -0.4 is 0 Å². The second-order valence-corrected chi connectivity index (χ2v) is 6.09. The van der Waals surface area contributed by atoms with Gasteiger partial charge in [-0.15, -0.1) is 0 Å². The molecule has 1 aromatic heterocycles. The number of benzene rings is 1. The minimum absolute atomic E-state index is 0.281. The average Bonchev–Trinajstić information content (AvgIpc) is 2.46. The Hall–Kier alpha value is -1.07. The Balaban J connectivity index is 2.57. The zero-order valence-corrected chi connectivity index (χ0v) is 9.47. The van der Waals surface area contributed by atoms with Gasteiger partial charge in [-0.3, -0.25) is 0 Å².